The molecule has 0 aromatic carbocycles. The summed E-state index contributed by atoms with van der Waals surface area (Å²) in [5.74, 6) is 1.42. The van der Waals surface area contributed by atoms with Gasteiger partial charge < -0.3 is 15.3 Å². The molecule has 1 fully saturated rings. The number of allylic oxidation sites excluding steroid dienone is 2. The van der Waals surface area contributed by atoms with Crippen molar-refractivity contribution in [1.82, 2.24) is 19.7 Å². The monoisotopic (exact) mass is 393 g/mol. The van der Waals surface area contributed by atoms with Crippen LogP contribution < -0.4 is 5.32 Å². The summed E-state index contributed by atoms with van der Waals surface area (Å²) >= 11 is 0. The van der Waals surface area contributed by atoms with E-state index in [-0.39, 0.29) is 0 Å². The van der Waals surface area contributed by atoms with Gasteiger partial charge in [-0.15, -0.1) is 0 Å². The zero-order valence-corrected chi connectivity index (χ0v) is 17.5. The molecule has 0 radical (unpaired) electrons. The quantitative estimate of drug-likeness (QED) is 0.768. The Morgan fingerprint density at radius 2 is 2.03 bits per heavy atom. The maximum Gasteiger partial charge on any atom is 0.146 e. The van der Waals surface area contributed by atoms with Gasteiger partial charge in [0.1, 0.15) is 12.0 Å². The fourth-order valence-electron chi connectivity index (χ4n) is 4.12. The molecular weight excluding hydrogens is 362 g/mol. The molecule has 2 N–H and O–H groups in total. The highest BCUT2D eigenvalue weighted by Crippen LogP contribution is 2.27. The molecule has 1 aliphatic carbocycles. The summed E-state index contributed by atoms with van der Waals surface area (Å²) in [7, 11) is 0. The van der Waals surface area contributed by atoms with Gasteiger partial charge in [0.15, 0.2) is 0 Å². The van der Waals surface area contributed by atoms with E-state index >= 15 is 0 Å². The molecule has 0 bridgehead atoms. The molecule has 1 unspecified atom stereocenters. The van der Waals surface area contributed by atoms with Gasteiger partial charge in [0.25, 0.3) is 0 Å². The van der Waals surface area contributed by atoms with Crippen molar-refractivity contribution in [3.05, 3.63) is 48.6 Å². The maximum absolute atomic E-state index is 10.2. The van der Waals surface area contributed by atoms with Crippen LogP contribution in [0.1, 0.15) is 45.1 Å². The number of nitrogens with one attached hydrogen (secondary N) is 1. The van der Waals surface area contributed by atoms with Crippen LogP contribution in [-0.4, -0.2) is 43.6 Å². The van der Waals surface area contributed by atoms with Crippen molar-refractivity contribution in [2.24, 2.45) is 5.92 Å². The Balaban J connectivity index is 1.52. The van der Waals surface area contributed by atoms with E-state index < -0.39 is 6.23 Å². The number of hydrogen-bond donors (Lipinski definition) is 2. The summed E-state index contributed by atoms with van der Waals surface area (Å²) in [6, 6.07) is 2.69. The maximum atomic E-state index is 10.2. The average Bonchev–Trinajstić information content (AvgIpc) is 3.35. The van der Waals surface area contributed by atoms with Crippen LogP contribution in [0.5, 0.6) is 0 Å². The smallest absolute Gasteiger partial charge is 0.146 e. The topological polar surface area (TPSA) is 66.2 Å². The molecule has 0 amide bonds. The van der Waals surface area contributed by atoms with E-state index in [2.05, 4.69) is 42.2 Å². The van der Waals surface area contributed by atoms with Crippen LogP contribution in [0, 0.1) is 12.8 Å². The van der Waals surface area contributed by atoms with Gasteiger partial charge in [-0.25, -0.2) is 9.67 Å². The van der Waals surface area contributed by atoms with E-state index in [1.165, 1.54) is 31.2 Å². The third-order valence-electron chi connectivity index (χ3n) is 5.63. The molecule has 29 heavy (non-hydrogen) atoms. The largest absolute Gasteiger partial charge is 0.370 e. The lowest BCUT2D eigenvalue weighted by atomic mass is 10.1. The summed E-state index contributed by atoms with van der Waals surface area (Å²) in [5.41, 5.74) is 4.25. The fraction of sp³-hybridized carbons (Fsp3) is 0.478. The number of nitrogens with zero attached hydrogens (tertiary/aromatic N) is 4. The van der Waals surface area contributed by atoms with Gasteiger partial charge in [0.05, 0.1) is 11.9 Å². The molecule has 6 heteroatoms. The van der Waals surface area contributed by atoms with Gasteiger partial charge in [0, 0.05) is 42.3 Å². The number of pyridine rings is 1. The third-order valence-corrected chi connectivity index (χ3v) is 5.63. The zero-order chi connectivity index (χ0) is 20.4. The second-order valence-electron chi connectivity index (χ2n) is 8.60. The highest BCUT2D eigenvalue weighted by atomic mass is 16.3. The molecule has 2 aliphatic rings. The van der Waals surface area contributed by atoms with Crippen molar-refractivity contribution in [3.63, 3.8) is 0 Å². The molecule has 3 heterocycles. The van der Waals surface area contributed by atoms with E-state index in [0.717, 1.165) is 29.2 Å². The Bertz CT molecular complexity index is 908. The molecule has 1 aliphatic heterocycles. The lowest BCUT2D eigenvalue weighted by Gasteiger charge is -2.29. The van der Waals surface area contributed by atoms with Crippen LogP contribution in [0.25, 0.3) is 16.8 Å². The highest BCUT2D eigenvalue weighted by Gasteiger charge is 2.18. The predicted molar refractivity (Wildman–Crippen MR) is 117 cm³/mol. The molecule has 0 saturated heterocycles. The molecule has 2 aromatic rings. The minimum Gasteiger partial charge on any atom is -0.370 e. The van der Waals surface area contributed by atoms with Gasteiger partial charge >= 0.3 is 0 Å². The first-order chi connectivity index (χ1) is 14.0. The van der Waals surface area contributed by atoms with Crippen molar-refractivity contribution >= 4 is 11.5 Å². The Morgan fingerprint density at radius 3 is 2.76 bits per heavy atom. The van der Waals surface area contributed by atoms with Crippen LogP contribution in [0.15, 0.2) is 43.0 Å². The van der Waals surface area contributed by atoms with E-state index in [0.29, 0.717) is 12.0 Å². The average molecular weight is 394 g/mol. The van der Waals surface area contributed by atoms with Crippen molar-refractivity contribution in [2.75, 3.05) is 11.9 Å². The SMILES string of the molecule is Cc1cc(NC2CCCC2)ncc1-c1cnn(C2=CN(CC(C)C)C(O)C=C2)c1. The second-order valence-corrected chi connectivity index (χ2v) is 8.60. The highest BCUT2D eigenvalue weighted by molar-refractivity contribution is 5.68. The normalized spacial score (nSPS) is 19.8. The van der Waals surface area contributed by atoms with Crippen LogP contribution in [-0.2, 0) is 0 Å². The molecule has 2 aromatic heterocycles. The lowest BCUT2D eigenvalue weighted by molar-refractivity contribution is 0.0696. The molecular formula is C23H31N5O. The number of rotatable bonds is 6. The first-order valence-corrected chi connectivity index (χ1v) is 10.6. The number of aromatic nitrogens is 3. The van der Waals surface area contributed by atoms with E-state index in [1.807, 2.05) is 40.4 Å². The summed E-state index contributed by atoms with van der Waals surface area (Å²) in [4.78, 5) is 6.58. The summed E-state index contributed by atoms with van der Waals surface area (Å²) in [5, 5.41) is 18.3. The lowest BCUT2D eigenvalue weighted by Crippen LogP contribution is -2.34. The Hall–Kier alpha value is -2.60. The predicted octanol–water partition coefficient (Wildman–Crippen LogP) is 4.25. The van der Waals surface area contributed by atoms with Crippen LogP contribution in [0.2, 0.25) is 0 Å². The number of aliphatic hydroxyl groups excluding tert-OH is 1. The van der Waals surface area contributed by atoms with Crippen molar-refractivity contribution in [2.45, 2.75) is 58.7 Å². The molecule has 1 saturated carbocycles. The van der Waals surface area contributed by atoms with Gasteiger partial charge in [-0.1, -0.05) is 26.7 Å². The van der Waals surface area contributed by atoms with Gasteiger partial charge in [0.2, 0.25) is 0 Å². The fourth-order valence-corrected chi connectivity index (χ4v) is 4.12. The molecule has 6 nitrogen and oxygen atoms in total. The van der Waals surface area contributed by atoms with E-state index in [9.17, 15) is 5.11 Å². The van der Waals surface area contributed by atoms with E-state index in [1.54, 1.807) is 6.08 Å². The number of aliphatic hydroxyl groups is 1. The number of hydrogen-bond acceptors (Lipinski definition) is 5. The van der Waals surface area contributed by atoms with Gasteiger partial charge in [-0.3, -0.25) is 0 Å². The minimum atomic E-state index is -0.581. The first-order valence-electron chi connectivity index (χ1n) is 10.6. The minimum absolute atomic E-state index is 0.465. The molecule has 154 valence electrons. The van der Waals surface area contributed by atoms with Crippen molar-refractivity contribution < 1.29 is 5.11 Å². The Kier molecular flexibility index (Phi) is 5.72. The van der Waals surface area contributed by atoms with Gasteiger partial charge in [-0.05, 0) is 49.5 Å². The first kappa shape index (κ1) is 19.7. The molecule has 4 rings (SSSR count). The molecule has 1 atom stereocenters. The standard InChI is InChI=1S/C23H31N5O/c1-16(2)13-27-15-20(8-9-23(27)29)28-14-18(11-25-28)21-12-24-22(10-17(21)3)26-19-6-4-5-7-19/h8-12,14-16,19,23,29H,4-7,13H2,1-3H3,(H,24,26). The van der Waals surface area contributed by atoms with Crippen molar-refractivity contribution in [1.29, 1.82) is 0 Å². The third kappa shape index (κ3) is 4.53. The van der Waals surface area contributed by atoms with Crippen LogP contribution in [0.4, 0.5) is 5.82 Å². The van der Waals surface area contributed by atoms with Crippen molar-refractivity contribution in [3.8, 4) is 11.1 Å². The summed E-state index contributed by atoms with van der Waals surface area (Å²) in [6.45, 7) is 7.20. The number of anilines is 1. The Labute approximate surface area is 173 Å². The Morgan fingerprint density at radius 1 is 1.24 bits per heavy atom. The number of aryl methyl sites for hydroxylation is 1. The zero-order valence-electron chi connectivity index (χ0n) is 17.5. The summed E-state index contributed by atoms with van der Waals surface area (Å²) < 4.78 is 1.86. The second kappa shape index (κ2) is 8.41. The summed E-state index contributed by atoms with van der Waals surface area (Å²) in [6.07, 6.45) is 16.0. The van der Waals surface area contributed by atoms with E-state index in [4.69, 9.17) is 0 Å². The van der Waals surface area contributed by atoms with Gasteiger partial charge in [-0.2, -0.15) is 5.10 Å². The van der Waals surface area contributed by atoms with Crippen LogP contribution >= 0.6 is 0 Å². The van der Waals surface area contributed by atoms with Crippen LogP contribution in [0.3, 0.4) is 0 Å². The molecule has 0 spiro atoms.